The number of carbonyl (C=O) groups excluding carboxylic acids is 2. The second-order valence-electron chi connectivity index (χ2n) is 7.82. The Morgan fingerprint density at radius 3 is 2.03 bits per heavy atom. The Bertz CT molecular complexity index is 1020. The van der Waals surface area contributed by atoms with Crippen molar-refractivity contribution in [2.75, 3.05) is 0 Å². The highest BCUT2D eigenvalue weighted by Gasteiger charge is 2.15. The van der Waals surface area contributed by atoms with Gasteiger partial charge in [0.1, 0.15) is 5.75 Å². The van der Waals surface area contributed by atoms with Crippen molar-refractivity contribution in [1.82, 2.24) is 0 Å². The first-order valence-electron chi connectivity index (χ1n) is 9.54. The topological polar surface area (TPSA) is 43.4 Å². The Morgan fingerprint density at radius 1 is 0.759 bits per heavy atom. The van der Waals surface area contributed by atoms with E-state index in [2.05, 4.69) is 20.8 Å². The molecule has 0 atom stereocenters. The molecular weight excluding hydrogens is 360 g/mol. The van der Waals surface area contributed by atoms with Crippen molar-refractivity contribution in [2.45, 2.75) is 26.2 Å². The Hall–Kier alpha value is -3.46. The molecule has 0 aromatic heterocycles. The Balaban J connectivity index is 1.76. The number of para-hydroxylation sites is 1. The summed E-state index contributed by atoms with van der Waals surface area (Å²) < 4.78 is 5.59. The van der Waals surface area contributed by atoms with Gasteiger partial charge in [-0.2, -0.15) is 0 Å². The molecule has 0 unspecified atom stereocenters. The SMILES string of the molecule is CC(C)(C)c1ccc(C(=O)Oc2ccccc2/C=C/C(=O)c2ccccc2)cc1. The minimum atomic E-state index is -0.430. The second-order valence-corrected chi connectivity index (χ2v) is 7.82. The summed E-state index contributed by atoms with van der Waals surface area (Å²) in [5, 5.41) is 0. The van der Waals surface area contributed by atoms with Crippen LogP contribution in [0.4, 0.5) is 0 Å². The summed E-state index contributed by atoms with van der Waals surface area (Å²) in [5.41, 5.74) is 2.92. The summed E-state index contributed by atoms with van der Waals surface area (Å²) in [5.74, 6) is -0.125. The minimum Gasteiger partial charge on any atom is -0.422 e. The molecule has 3 nitrogen and oxygen atoms in total. The molecule has 0 amide bonds. The highest BCUT2D eigenvalue weighted by atomic mass is 16.5. The van der Waals surface area contributed by atoms with Gasteiger partial charge in [-0.25, -0.2) is 4.79 Å². The summed E-state index contributed by atoms with van der Waals surface area (Å²) in [6.45, 7) is 6.37. The maximum Gasteiger partial charge on any atom is 0.343 e. The van der Waals surface area contributed by atoms with Crippen molar-refractivity contribution in [1.29, 1.82) is 0 Å². The number of allylic oxidation sites excluding steroid dienone is 1. The molecule has 0 spiro atoms. The van der Waals surface area contributed by atoms with Crippen molar-refractivity contribution in [3.8, 4) is 5.75 Å². The molecule has 3 aromatic rings. The van der Waals surface area contributed by atoms with E-state index in [1.54, 1.807) is 48.5 Å². The fourth-order valence-electron chi connectivity index (χ4n) is 2.84. The van der Waals surface area contributed by atoms with E-state index in [4.69, 9.17) is 4.74 Å². The highest BCUT2D eigenvalue weighted by molar-refractivity contribution is 6.07. The zero-order valence-corrected chi connectivity index (χ0v) is 16.9. The van der Waals surface area contributed by atoms with E-state index in [-0.39, 0.29) is 11.2 Å². The van der Waals surface area contributed by atoms with E-state index in [1.807, 2.05) is 36.4 Å². The third-order valence-corrected chi connectivity index (χ3v) is 4.58. The molecule has 3 rings (SSSR count). The molecule has 0 N–H and O–H groups in total. The van der Waals surface area contributed by atoms with Gasteiger partial charge in [0, 0.05) is 11.1 Å². The fourth-order valence-corrected chi connectivity index (χ4v) is 2.84. The number of ether oxygens (including phenoxy) is 1. The van der Waals surface area contributed by atoms with E-state index in [0.717, 1.165) is 5.56 Å². The average molecular weight is 384 g/mol. The summed E-state index contributed by atoms with van der Waals surface area (Å²) in [6, 6.07) is 23.6. The van der Waals surface area contributed by atoms with Crippen LogP contribution in [0.15, 0.2) is 84.9 Å². The first-order valence-corrected chi connectivity index (χ1v) is 9.54. The Labute approximate surface area is 171 Å². The number of esters is 1. The maximum absolute atomic E-state index is 12.6. The molecule has 0 saturated carbocycles. The molecule has 146 valence electrons. The van der Waals surface area contributed by atoms with E-state index >= 15 is 0 Å². The monoisotopic (exact) mass is 384 g/mol. The van der Waals surface area contributed by atoms with Gasteiger partial charge in [-0.3, -0.25) is 4.79 Å². The van der Waals surface area contributed by atoms with Crippen LogP contribution in [0.25, 0.3) is 6.08 Å². The minimum absolute atomic E-state index is 0.0190. The van der Waals surface area contributed by atoms with Crippen LogP contribution in [-0.2, 0) is 5.41 Å². The Kier molecular flexibility index (Phi) is 6.08. The number of ketones is 1. The first kappa shape index (κ1) is 20.3. The molecule has 0 saturated heterocycles. The zero-order valence-electron chi connectivity index (χ0n) is 16.9. The summed E-state index contributed by atoms with van der Waals surface area (Å²) in [4.78, 5) is 24.9. The van der Waals surface area contributed by atoms with Gasteiger partial charge in [0.05, 0.1) is 5.56 Å². The predicted octanol–water partition coefficient (Wildman–Crippen LogP) is 6.10. The molecule has 0 radical (unpaired) electrons. The lowest BCUT2D eigenvalue weighted by atomic mass is 9.87. The zero-order chi connectivity index (χ0) is 20.9. The lowest BCUT2D eigenvalue weighted by Gasteiger charge is -2.19. The smallest absolute Gasteiger partial charge is 0.343 e. The van der Waals surface area contributed by atoms with Crippen LogP contribution in [0.3, 0.4) is 0 Å². The molecule has 0 bridgehead atoms. The average Bonchev–Trinajstić information content (AvgIpc) is 2.73. The van der Waals surface area contributed by atoms with Crippen molar-refractivity contribution in [3.05, 3.63) is 107 Å². The largest absolute Gasteiger partial charge is 0.422 e. The lowest BCUT2D eigenvalue weighted by molar-refractivity contribution is 0.0734. The summed E-state index contributed by atoms with van der Waals surface area (Å²) in [7, 11) is 0. The van der Waals surface area contributed by atoms with Gasteiger partial charge in [-0.15, -0.1) is 0 Å². The van der Waals surface area contributed by atoms with Crippen LogP contribution in [0.5, 0.6) is 5.75 Å². The van der Waals surface area contributed by atoms with Crippen molar-refractivity contribution in [2.24, 2.45) is 0 Å². The maximum atomic E-state index is 12.6. The van der Waals surface area contributed by atoms with Crippen LogP contribution < -0.4 is 4.74 Å². The second kappa shape index (κ2) is 8.70. The van der Waals surface area contributed by atoms with Gasteiger partial charge < -0.3 is 4.74 Å². The van der Waals surface area contributed by atoms with Crippen LogP contribution in [0.1, 0.15) is 52.6 Å². The fraction of sp³-hybridized carbons (Fsp3) is 0.154. The van der Waals surface area contributed by atoms with Gasteiger partial charge >= 0.3 is 5.97 Å². The molecule has 0 heterocycles. The van der Waals surface area contributed by atoms with Gasteiger partial charge in [0.15, 0.2) is 5.78 Å². The molecule has 3 aromatic carbocycles. The molecule has 0 aliphatic heterocycles. The lowest BCUT2D eigenvalue weighted by Crippen LogP contribution is -2.13. The third-order valence-electron chi connectivity index (χ3n) is 4.58. The van der Waals surface area contributed by atoms with Crippen LogP contribution in [-0.4, -0.2) is 11.8 Å². The van der Waals surface area contributed by atoms with E-state index in [1.165, 1.54) is 6.08 Å². The number of hydrogen-bond acceptors (Lipinski definition) is 3. The molecule has 0 aliphatic rings. The molecule has 29 heavy (non-hydrogen) atoms. The highest BCUT2D eigenvalue weighted by Crippen LogP contribution is 2.24. The predicted molar refractivity (Wildman–Crippen MR) is 116 cm³/mol. The van der Waals surface area contributed by atoms with Crippen molar-refractivity contribution < 1.29 is 14.3 Å². The van der Waals surface area contributed by atoms with E-state index in [0.29, 0.717) is 22.4 Å². The number of carbonyl (C=O) groups is 2. The van der Waals surface area contributed by atoms with Gasteiger partial charge in [0.2, 0.25) is 0 Å². The Morgan fingerprint density at radius 2 is 1.38 bits per heavy atom. The van der Waals surface area contributed by atoms with Gasteiger partial charge in [-0.1, -0.05) is 81.4 Å². The number of hydrogen-bond donors (Lipinski definition) is 0. The van der Waals surface area contributed by atoms with Gasteiger partial charge in [0.25, 0.3) is 0 Å². The quantitative estimate of drug-likeness (QED) is 0.231. The molecule has 3 heteroatoms. The summed E-state index contributed by atoms with van der Waals surface area (Å²) >= 11 is 0. The van der Waals surface area contributed by atoms with Crippen LogP contribution in [0.2, 0.25) is 0 Å². The normalized spacial score (nSPS) is 11.4. The van der Waals surface area contributed by atoms with E-state index < -0.39 is 5.97 Å². The summed E-state index contributed by atoms with van der Waals surface area (Å²) in [6.07, 6.45) is 3.15. The van der Waals surface area contributed by atoms with Crippen molar-refractivity contribution in [3.63, 3.8) is 0 Å². The third kappa shape index (κ3) is 5.29. The van der Waals surface area contributed by atoms with Crippen LogP contribution >= 0.6 is 0 Å². The molecular formula is C26H24O3. The number of benzene rings is 3. The van der Waals surface area contributed by atoms with Crippen molar-refractivity contribution >= 4 is 17.8 Å². The number of rotatable bonds is 5. The van der Waals surface area contributed by atoms with E-state index in [9.17, 15) is 9.59 Å². The first-order chi connectivity index (χ1) is 13.8. The molecule has 0 aliphatic carbocycles. The molecule has 0 fully saturated rings. The standard InChI is InChI=1S/C26H24O3/c1-26(2,3)22-16-13-21(14-17-22)25(28)29-24-12-8-7-11-20(24)15-18-23(27)19-9-5-4-6-10-19/h4-18H,1-3H3/b18-15+. The van der Waals surface area contributed by atoms with Gasteiger partial charge in [-0.05, 0) is 41.3 Å². The van der Waals surface area contributed by atoms with Crippen LogP contribution in [0, 0.1) is 0 Å².